The zero-order valence-electron chi connectivity index (χ0n) is 15.6. The van der Waals surface area contributed by atoms with Gasteiger partial charge in [-0.2, -0.15) is 0 Å². The highest BCUT2D eigenvalue weighted by molar-refractivity contribution is 5.95. The normalized spacial score (nSPS) is 20.8. The molecule has 1 N–H and O–H groups in total. The van der Waals surface area contributed by atoms with Crippen LogP contribution in [0.1, 0.15) is 35.2 Å². The van der Waals surface area contributed by atoms with Crippen LogP contribution in [0.2, 0.25) is 0 Å². The molecule has 2 aromatic carbocycles. The average molecular weight is 381 g/mol. The smallest absolute Gasteiger partial charge is 0.311 e. The summed E-state index contributed by atoms with van der Waals surface area (Å²) in [5.74, 6) is 0.185. The van der Waals surface area contributed by atoms with Crippen LogP contribution in [0.15, 0.2) is 48.5 Å². The van der Waals surface area contributed by atoms with Crippen LogP contribution in [-0.2, 0) is 11.2 Å². The molecule has 0 spiro atoms. The molecule has 0 aromatic heterocycles. The Morgan fingerprint density at radius 2 is 1.86 bits per heavy atom. The van der Waals surface area contributed by atoms with Crippen molar-refractivity contribution in [3.05, 3.63) is 59.7 Å². The summed E-state index contributed by atoms with van der Waals surface area (Å²) in [7, 11) is 0. The second-order valence-corrected chi connectivity index (χ2v) is 7.47. The van der Waals surface area contributed by atoms with E-state index in [9.17, 15) is 14.7 Å². The third kappa shape index (κ3) is 3.54. The highest BCUT2D eigenvalue weighted by atomic mass is 16.7. The Bertz CT molecular complexity index is 882. The topological polar surface area (TPSA) is 76.1 Å². The van der Waals surface area contributed by atoms with Gasteiger partial charge in [-0.1, -0.05) is 30.3 Å². The number of carboxylic acid groups (broad SMARTS) is 1. The van der Waals surface area contributed by atoms with Gasteiger partial charge in [-0.3, -0.25) is 9.59 Å². The lowest BCUT2D eigenvalue weighted by Gasteiger charge is -2.40. The van der Waals surface area contributed by atoms with E-state index in [-0.39, 0.29) is 19.2 Å². The first-order chi connectivity index (χ1) is 13.6. The molecule has 1 atom stereocenters. The molecule has 1 amide bonds. The largest absolute Gasteiger partial charge is 0.481 e. The molecule has 0 bridgehead atoms. The minimum Gasteiger partial charge on any atom is -0.481 e. The van der Waals surface area contributed by atoms with Crippen LogP contribution in [0.25, 0.3) is 0 Å². The van der Waals surface area contributed by atoms with E-state index in [1.807, 2.05) is 30.3 Å². The summed E-state index contributed by atoms with van der Waals surface area (Å²) < 4.78 is 10.6. The number of aliphatic carboxylic acids is 1. The Balaban J connectivity index is 1.51. The number of aryl methyl sites for hydroxylation is 1. The summed E-state index contributed by atoms with van der Waals surface area (Å²) in [6.07, 6.45) is 2.45. The van der Waals surface area contributed by atoms with E-state index in [0.29, 0.717) is 49.3 Å². The number of amides is 1. The van der Waals surface area contributed by atoms with Gasteiger partial charge in [0.15, 0.2) is 11.5 Å². The van der Waals surface area contributed by atoms with E-state index >= 15 is 0 Å². The fourth-order valence-electron chi connectivity index (χ4n) is 4.03. The summed E-state index contributed by atoms with van der Waals surface area (Å²) in [5, 5.41) is 9.99. The van der Waals surface area contributed by atoms with Crippen molar-refractivity contribution in [2.75, 3.05) is 19.9 Å². The fourth-order valence-corrected chi connectivity index (χ4v) is 4.03. The number of fused-ring (bicyclic) bond motifs is 1. The van der Waals surface area contributed by atoms with Gasteiger partial charge in [-0.15, -0.1) is 0 Å². The maximum atomic E-state index is 13.0. The standard InChI is InChI=1S/C22H23NO5/c24-20(17-7-8-18-19(13-17)28-15-27-18)23-12-4-10-22(14-23,21(25)26)11-9-16-5-2-1-3-6-16/h1-3,5-8,13H,4,9-12,14-15H2,(H,25,26). The number of benzene rings is 2. The number of carbonyl (C=O) groups excluding carboxylic acids is 1. The van der Waals surface area contributed by atoms with Crippen molar-refractivity contribution in [1.29, 1.82) is 0 Å². The average Bonchev–Trinajstić information content (AvgIpc) is 3.20. The Kier molecular flexibility index (Phi) is 4.94. The molecule has 2 aliphatic heterocycles. The van der Waals surface area contributed by atoms with E-state index in [0.717, 1.165) is 5.56 Å². The lowest BCUT2D eigenvalue weighted by molar-refractivity contribution is -0.152. The van der Waals surface area contributed by atoms with Gasteiger partial charge in [0.25, 0.3) is 5.91 Å². The van der Waals surface area contributed by atoms with Crippen LogP contribution in [-0.4, -0.2) is 41.8 Å². The first-order valence-electron chi connectivity index (χ1n) is 9.54. The number of likely N-dealkylation sites (tertiary alicyclic amines) is 1. The molecule has 6 heteroatoms. The molecular weight excluding hydrogens is 358 g/mol. The summed E-state index contributed by atoms with van der Waals surface area (Å²) in [6, 6.07) is 15.0. The van der Waals surface area contributed by atoms with Crippen LogP contribution in [0.3, 0.4) is 0 Å². The van der Waals surface area contributed by atoms with Gasteiger partial charge in [0.05, 0.1) is 5.41 Å². The van der Waals surface area contributed by atoms with Crippen LogP contribution in [0, 0.1) is 5.41 Å². The molecule has 0 aliphatic carbocycles. The number of piperidine rings is 1. The highest BCUT2D eigenvalue weighted by Crippen LogP contribution is 2.37. The SMILES string of the molecule is O=C(c1ccc2c(c1)OCO2)N1CCCC(CCc2ccccc2)(C(=O)O)C1. The van der Waals surface area contributed by atoms with Gasteiger partial charge in [-0.05, 0) is 49.4 Å². The quantitative estimate of drug-likeness (QED) is 0.860. The number of nitrogens with zero attached hydrogens (tertiary/aromatic N) is 1. The van der Waals surface area contributed by atoms with Gasteiger partial charge < -0.3 is 19.5 Å². The minimum atomic E-state index is -0.917. The predicted octanol–water partition coefficient (Wildman–Crippen LogP) is 3.36. The van der Waals surface area contributed by atoms with Crippen molar-refractivity contribution < 1.29 is 24.2 Å². The number of ether oxygens (including phenoxy) is 2. The Morgan fingerprint density at radius 3 is 2.64 bits per heavy atom. The van der Waals surface area contributed by atoms with Gasteiger partial charge in [0.1, 0.15) is 0 Å². The van der Waals surface area contributed by atoms with E-state index in [4.69, 9.17) is 9.47 Å². The molecule has 2 heterocycles. The van der Waals surface area contributed by atoms with E-state index in [2.05, 4.69) is 0 Å². The van der Waals surface area contributed by atoms with Crippen molar-refractivity contribution in [2.24, 2.45) is 5.41 Å². The van der Waals surface area contributed by atoms with E-state index in [1.54, 1.807) is 23.1 Å². The number of hydrogen-bond acceptors (Lipinski definition) is 4. The Labute approximate surface area is 163 Å². The van der Waals surface area contributed by atoms with Crippen molar-refractivity contribution in [3.8, 4) is 11.5 Å². The Morgan fingerprint density at radius 1 is 1.07 bits per heavy atom. The summed E-state index contributed by atoms with van der Waals surface area (Å²) >= 11 is 0. The van der Waals surface area contributed by atoms with Gasteiger partial charge in [-0.25, -0.2) is 0 Å². The second kappa shape index (κ2) is 7.54. The molecule has 0 saturated carbocycles. The van der Waals surface area contributed by atoms with Crippen LogP contribution in [0.5, 0.6) is 11.5 Å². The van der Waals surface area contributed by atoms with Gasteiger partial charge in [0.2, 0.25) is 6.79 Å². The first-order valence-corrected chi connectivity index (χ1v) is 9.54. The molecule has 28 heavy (non-hydrogen) atoms. The van der Waals surface area contributed by atoms with E-state index < -0.39 is 11.4 Å². The monoisotopic (exact) mass is 381 g/mol. The van der Waals surface area contributed by atoms with Crippen LogP contribution >= 0.6 is 0 Å². The number of hydrogen-bond donors (Lipinski definition) is 1. The highest BCUT2D eigenvalue weighted by Gasteiger charge is 2.43. The summed E-state index contributed by atoms with van der Waals surface area (Å²) in [5.41, 5.74) is 0.691. The molecule has 146 valence electrons. The number of rotatable bonds is 5. The third-order valence-electron chi connectivity index (χ3n) is 5.67. The lowest BCUT2D eigenvalue weighted by atomic mass is 9.75. The molecule has 6 nitrogen and oxygen atoms in total. The second-order valence-electron chi connectivity index (χ2n) is 7.47. The van der Waals surface area contributed by atoms with Gasteiger partial charge >= 0.3 is 5.97 Å². The maximum absolute atomic E-state index is 13.0. The molecule has 2 aliphatic rings. The molecular formula is C22H23NO5. The molecule has 2 aromatic rings. The van der Waals surface area contributed by atoms with Crippen molar-refractivity contribution >= 4 is 11.9 Å². The number of carbonyl (C=O) groups is 2. The van der Waals surface area contributed by atoms with Crippen molar-refractivity contribution in [2.45, 2.75) is 25.7 Å². The zero-order chi connectivity index (χ0) is 19.6. The van der Waals surface area contributed by atoms with Crippen LogP contribution < -0.4 is 9.47 Å². The van der Waals surface area contributed by atoms with Crippen molar-refractivity contribution in [3.63, 3.8) is 0 Å². The molecule has 0 radical (unpaired) electrons. The predicted molar refractivity (Wildman–Crippen MR) is 103 cm³/mol. The molecule has 1 unspecified atom stereocenters. The van der Waals surface area contributed by atoms with Crippen molar-refractivity contribution in [1.82, 2.24) is 4.90 Å². The fraction of sp³-hybridized carbons (Fsp3) is 0.364. The third-order valence-corrected chi connectivity index (χ3v) is 5.67. The first kappa shape index (κ1) is 18.3. The summed E-state index contributed by atoms with van der Waals surface area (Å²) in [4.78, 5) is 26.9. The van der Waals surface area contributed by atoms with Gasteiger partial charge in [0, 0.05) is 18.7 Å². The molecule has 1 fully saturated rings. The maximum Gasteiger partial charge on any atom is 0.311 e. The number of carboxylic acids is 1. The summed E-state index contributed by atoms with van der Waals surface area (Å²) in [6.45, 7) is 0.939. The minimum absolute atomic E-state index is 0.151. The van der Waals surface area contributed by atoms with Crippen LogP contribution in [0.4, 0.5) is 0 Å². The lowest BCUT2D eigenvalue weighted by Crippen LogP contribution is -2.50. The Hall–Kier alpha value is -3.02. The molecule has 4 rings (SSSR count). The molecule has 1 saturated heterocycles. The van der Waals surface area contributed by atoms with E-state index in [1.165, 1.54) is 0 Å². The zero-order valence-corrected chi connectivity index (χ0v) is 15.6.